The van der Waals surface area contributed by atoms with Gasteiger partial charge in [0.25, 0.3) is 0 Å². The molecule has 0 saturated carbocycles. The Balaban J connectivity index is 1.48. The summed E-state index contributed by atoms with van der Waals surface area (Å²) in [6, 6.07) is 13.3. The number of likely N-dealkylation sites (tertiary alicyclic amines) is 1. The number of methoxy groups -OCH3 is 1. The molecule has 0 aromatic heterocycles. The highest BCUT2D eigenvalue weighted by Crippen LogP contribution is 2.24. The standard InChI is InChI=1S/C21H22FNO3S/c1-26-18-6-2-15(3-7-18)21(25)16-10-12-23(13-11-16)20(24)14-27-19-8-4-17(22)5-9-19/h2-9,16H,10-14H2,1H3. The fourth-order valence-electron chi connectivity index (χ4n) is 3.15. The van der Waals surface area contributed by atoms with Gasteiger partial charge in [0.05, 0.1) is 12.9 Å². The number of hydrogen-bond donors (Lipinski definition) is 0. The Bertz CT molecular complexity index is 784. The van der Waals surface area contributed by atoms with E-state index in [1.807, 2.05) is 4.90 Å². The summed E-state index contributed by atoms with van der Waals surface area (Å²) in [6.07, 6.45) is 1.36. The molecule has 1 heterocycles. The number of hydrogen-bond acceptors (Lipinski definition) is 4. The Morgan fingerprint density at radius 3 is 2.30 bits per heavy atom. The Morgan fingerprint density at radius 1 is 1.07 bits per heavy atom. The number of ether oxygens (including phenoxy) is 1. The van der Waals surface area contributed by atoms with Crippen LogP contribution in [-0.2, 0) is 4.79 Å². The van der Waals surface area contributed by atoms with Crippen LogP contribution in [0.4, 0.5) is 4.39 Å². The first-order valence-corrected chi connectivity index (χ1v) is 9.90. The minimum atomic E-state index is -0.283. The zero-order valence-electron chi connectivity index (χ0n) is 15.2. The lowest BCUT2D eigenvalue weighted by atomic mass is 9.89. The van der Waals surface area contributed by atoms with Crippen molar-refractivity contribution in [2.75, 3.05) is 26.0 Å². The third-order valence-electron chi connectivity index (χ3n) is 4.77. The number of nitrogens with zero attached hydrogens (tertiary/aromatic N) is 1. The van der Waals surface area contributed by atoms with Crippen molar-refractivity contribution in [2.24, 2.45) is 5.92 Å². The molecule has 1 saturated heterocycles. The van der Waals surface area contributed by atoms with Gasteiger partial charge in [0.2, 0.25) is 5.91 Å². The summed E-state index contributed by atoms with van der Waals surface area (Å²) in [7, 11) is 1.60. The van der Waals surface area contributed by atoms with Crippen LogP contribution >= 0.6 is 11.8 Å². The van der Waals surface area contributed by atoms with Crippen LogP contribution in [0.5, 0.6) is 5.75 Å². The van der Waals surface area contributed by atoms with Crippen LogP contribution < -0.4 is 4.74 Å². The first kappa shape index (κ1) is 19.4. The largest absolute Gasteiger partial charge is 0.497 e. The zero-order valence-corrected chi connectivity index (χ0v) is 16.0. The van der Waals surface area contributed by atoms with Gasteiger partial charge in [-0.15, -0.1) is 11.8 Å². The van der Waals surface area contributed by atoms with Crippen LogP contribution in [0.3, 0.4) is 0 Å². The van der Waals surface area contributed by atoms with E-state index in [1.54, 1.807) is 43.5 Å². The fraction of sp³-hybridized carbons (Fsp3) is 0.333. The predicted molar refractivity (Wildman–Crippen MR) is 104 cm³/mol. The van der Waals surface area contributed by atoms with Crippen molar-refractivity contribution in [1.29, 1.82) is 0 Å². The minimum Gasteiger partial charge on any atom is -0.497 e. The second-order valence-electron chi connectivity index (χ2n) is 6.49. The quantitative estimate of drug-likeness (QED) is 0.554. The van der Waals surface area contributed by atoms with Crippen LogP contribution in [-0.4, -0.2) is 42.5 Å². The molecule has 0 atom stereocenters. The van der Waals surface area contributed by atoms with Gasteiger partial charge in [-0.2, -0.15) is 0 Å². The van der Waals surface area contributed by atoms with Gasteiger partial charge >= 0.3 is 0 Å². The molecule has 0 aliphatic carbocycles. The molecule has 0 spiro atoms. The molecule has 1 aliphatic heterocycles. The van der Waals surface area contributed by atoms with Gasteiger partial charge in [0.15, 0.2) is 5.78 Å². The Labute approximate surface area is 162 Å². The predicted octanol–water partition coefficient (Wildman–Crippen LogP) is 4.05. The van der Waals surface area contributed by atoms with Gasteiger partial charge in [-0.25, -0.2) is 4.39 Å². The van der Waals surface area contributed by atoms with Crippen molar-refractivity contribution in [1.82, 2.24) is 4.90 Å². The average Bonchev–Trinajstić information content (AvgIpc) is 2.73. The second kappa shape index (κ2) is 9.04. The highest BCUT2D eigenvalue weighted by molar-refractivity contribution is 8.00. The van der Waals surface area contributed by atoms with Gasteiger partial charge in [-0.3, -0.25) is 9.59 Å². The number of carbonyl (C=O) groups is 2. The number of carbonyl (C=O) groups excluding carboxylic acids is 2. The number of Topliss-reactive ketones (excluding diaryl/α,β-unsaturated/α-hetero) is 1. The zero-order chi connectivity index (χ0) is 19.2. The lowest BCUT2D eigenvalue weighted by Crippen LogP contribution is -2.41. The molecule has 142 valence electrons. The van der Waals surface area contributed by atoms with E-state index >= 15 is 0 Å². The van der Waals surface area contributed by atoms with Crippen molar-refractivity contribution in [2.45, 2.75) is 17.7 Å². The normalized spacial score (nSPS) is 14.8. The highest BCUT2D eigenvalue weighted by Gasteiger charge is 2.27. The number of piperidine rings is 1. The van der Waals surface area contributed by atoms with Gasteiger partial charge in [0, 0.05) is 29.5 Å². The van der Waals surface area contributed by atoms with E-state index in [4.69, 9.17) is 4.74 Å². The maximum absolute atomic E-state index is 12.9. The van der Waals surface area contributed by atoms with E-state index in [0.29, 0.717) is 37.2 Å². The summed E-state index contributed by atoms with van der Waals surface area (Å²) >= 11 is 1.40. The van der Waals surface area contributed by atoms with Crippen molar-refractivity contribution < 1.29 is 18.7 Å². The van der Waals surface area contributed by atoms with Crippen LogP contribution in [0, 0.1) is 11.7 Å². The molecular formula is C21H22FNO3S. The molecule has 1 aliphatic rings. The van der Waals surface area contributed by atoms with Gasteiger partial charge in [0.1, 0.15) is 11.6 Å². The van der Waals surface area contributed by atoms with Crippen LogP contribution in [0.25, 0.3) is 0 Å². The van der Waals surface area contributed by atoms with E-state index in [1.165, 1.54) is 23.9 Å². The van der Waals surface area contributed by atoms with Gasteiger partial charge in [-0.1, -0.05) is 0 Å². The molecule has 4 nitrogen and oxygen atoms in total. The summed E-state index contributed by atoms with van der Waals surface area (Å²) in [5, 5.41) is 0. The average molecular weight is 387 g/mol. The molecule has 27 heavy (non-hydrogen) atoms. The van der Waals surface area contributed by atoms with Gasteiger partial charge < -0.3 is 9.64 Å². The third-order valence-corrected chi connectivity index (χ3v) is 5.77. The van der Waals surface area contributed by atoms with Crippen molar-refractivity contribution in [3.8, 4) is 5.75 Å². The minimum absolute atomic E-state index is 0.0489. The summed E-state index contributed by atoms with van der Waals surface area (Å²) in [6.45, 7) is 1.19. The SMILES string of the molecule is COc1ccc(C(=O)C2CCN(C(=O)CSc3ccc(F)cc3)CC2)cc1. The number of halogens is 1. The van der Waals surface area contributed by atoms with Crippen LogP contribution in [0.15, 0.2) is 53.4 Å². The molecule has 0 N–H and O–H groups in total. The van der Waals surface area contributed by atoms with Crippen LogP contribution in [0.2, 0.25) is 0 Å². The Kier molecular flexibility index (Phi) is 6.50. The lowest BCUT2D eigenvalue weighted by molar-refractivity contribution is -0.129. The summed E-state index contributed by atoms with van der Waals surface area (Å²) in [5.74, 6) is 0.903. The number of amides is 1. The van der Waals surface area contributed by atoms with E-state index in [-0.39, 0.29) is 23.4 Å². The third kappa shape index (κ3) is 5.10. The molecule has 0 bridgehead atoms. The molecule has 2 aromatic rings. The number of thioether (sulfide) groups is 1. The molecule has 6 heteroatoms. The van der Waals surface area contributed by atoms with E-state index in [9.17, 15) is 14.0 Å². The number of ketones is 1. The first-order valence-electron chi connectivity index (χ1n) is 8.91. The molecule has 1 fully saturated rings. The Morgan fingerprint density at radius 2 is 1.70 bits per heavy atom. The Hall–Kier alpha value is -2.34. The highest BCUT2D eigenvalue weighted by atomic mass is 32.2. The number of benzene rings is 2. The molecule has 0 unspecified atom stereocenters. The maximum Gasteiger partial charge on any atom is 0.232 e. The van der Waals surface area contributed by atoms with Crippen LogP contribution in [0.1, 0.15) is 23.2 Å². The molecule has 0 radical (unpaired) electrons. The molecular weight excluding hydrogens is 365 g/mol. The van der Waals surface area contributed by atoms with Crippen molar-refractivity contribution in [3.05, 3.63) is 59.9 Å². The monoisotopic (exact) mass is 387 g/mol. The fourth-order valence-corrected chi connectivity index (χ4v) is 3.95. The smallest absolute Gasteiger partial charge is 0.232 e. The van der Waals surface area contributed by atoms with Crippen molar-refractivity contribution >= 4 is 23.5 Å². The lowest BCUT2D eigenvalue weighted by Gasteiger charge is -2.31. The second-order valence-corrected chi connectivity index (χ2v) is 7.54. The first-order chi connectivity index (χ1) is 13.1. The number of rotatable bonds is 6. The van der Waals surface area contributed by atoms with Gasteiger partial charge in [-0.05, 0) is 61.4 Å². The van der Waals surface area contributed by atoms with Crippen molar-refractivity contribution in [3.63, 3.8) is 0 Å². The van der Waals surface area contributed by atoms with E-state index in [0.717, 1.165) is 10.6 Å². The molecule has 1 amide bonds. The van der Waals surface area contributed by atoms with E-state index < -0.39 is 0 Å². The molecule has 2 aromatic carbocycles. The maximum atomic E-state index is 12.9. The molecule has 3 rings (SSSR count). The summed E-state index contributed by atoms with van der Waals surface area (Å²) < 4.78 is 18.0. The summed E-state index contributed by atoms with van der Waals surface area (Å²) in [4.78, 5) is 27.7. The van der Waals surface area contributed by atoms with E-state index in [2.05, 4.69) is 0 Å². The summed E-state index contributed by atoms with van der Waals surface area (Å²) in [5.41, 5.74) is 0.687. The topological polar surface area (TPSA) is 46.6 Å².